The van der Waals surface area contributed by atoms with E-state index in [0.29, 0.717) is 23.8 Å². The molecule has 0 aliphatic heterocycles. The van der Waals surface area contributed by atoms with Crippen molar-refractivity contribution in [3.63, 3.8) is 0 Å². The van der Waals surface area contributed by atoms with E-state index in [1.165, 1.54) is 18.6 Å². The molecule has 0 heterocycles. The fourth-order valence-electron chi connectivity index (χ4n) is 3.10. The van der Waals surface area contributed by atoms with Crippen LogP contribution in [0.5, 0.6) is 0 Å². The number of nitrogens with zero attached hydrogens (tertiary/aromatic N) is 1. The molecule has 1 aromatic rings. The molecule has 8 nitrogen and oxygen atoms in total. The molecule has 1 fully saturated rings. The van der Waals surface area contributed by atoms with Crippen LogP contribution in [0.25, 0.3) is 0 Å². The molecule has 1 saturated carbocycles. The minimum Gasteiger partial charge on any atom is -0.395 e. The first kappa shape index (κ1) is 19.0. The third-order valence-corrected chi connectivity index (χ3v) is 4.54. The van der Waals surface area contributed by atoms with Crippen molar-refractivity contribution in [2.45, 2.75) is 38.6 Å². The molecular weight excluding hydrogens is 324 g/mol. The highest BCUT2D eigenvalue weighted by atomic mass is 16.6. The van der Waals surface area contributed by atoms with E-state index in [1.54, 1.807) is 6.07 Å². The lowest BCUT2D eigenvalue weighted by Crippen LogP contribution is -2.43. The number of nitro benzene ring substituents is 1. The van der Waals surface area contributed by atoms with Crippen molar-refractivity contribution < 1.29 is 14.8 Å². The summed E-state index contributed by atoms with van der Waals surface area (Å²) in [5.74, 6) is 0.343. The molecule has 0 saturated heterocycles. The Kier molecular flexibility index (Phi) is 7.00. The van der Waals surface area contributed by atoms with Gasteiger partial charge in [-0.1, -0.05) is 19.8 Å². The Morgan fingerprint density at radius 1 is 1.28 bits per heavy atom. The normalized spacial score (nSPS) is 19.9. The number of aliphatic hydroxyl groups excluding tert-OH is 1. The number of carbonyl (C=O) groups excluding carboxylic acids is 1. The van der Waals surface area contributed by atoms with Crippen molar-refractivity contribution in [1.82, 2.24) is 5.32 Å². The summed E-state index contributed by atoms with van der Waals surface area (Å²) < 4.78 is 0. The number of hydrogen-bond acceptors (Lipinski definition) is 6. The minimum atomic E-state index is -0.481. The molecule has 2 atom stereocenters. The molecule has 8 heteroatoms. The van der Waals surface area contributed by atoms with Gasteiger partial charge in [0.2, 0.25) is 5.91 Å². The zero-order chi connectivity index (χ0) is 18.2. The maximum atomic E-state index is 12.2. The first-order valence-corrected chi connectivity index (χ1v) is 8.67. The third-order valence-electron chi connectivity index (χ3n) is 4.54. The van der Waals surface area contributed by atoms with Crippen LogP contribution in [0, 0.1) is 16.0 Å². The number of benzene rings is 1. The second-order valence-electron chi connectivity index (χ2n) is 6.43. The van der Waals surface area contributed by atoms with E-state index in [2.05, 4.69) is 22.9 Å². The second kappa shape index (κ2) is 9.22. The first-order valence-electron chi connectivity index (χ1n) is 8.67. The summed E-state index contributed by atoms with van der Waals surface area (Å²) in [4.78, 5) is 22.7. The van der Waals surface area contributed by atoms with E-state index in [1.807, 2.05) is 0 Å². The molecule has 1 amide bonds. The number of amides is 1. The molecule has 0 aromatic heterocycles. The van der Waals surface area contributed by atoms with E-state index in [-0.39, 0.29) is 30.8 Å². The topological polar surface area (TPSA) is 117 Å². The monoisotopic (exact) mass is 350 g/mol. The lowest BCUT2D eigenvalue weighted by Gasteiger charge is -2.29. The number of non-ortho nitro benzene ring substituents is 1. The summed E-state index contributed by atoms with van der Waals surface area (Å²) in [7, 11) is 0. The van der Waals surface area contributed by atoms with Gasteiger partial charge in [-0.15, -0.1) is 0 Å². The first-order chi connectivity index (χ1) is 12.0. The molecule has 1 aliphatic carbocycles. The van der Waals surface area contributed by atoms with Crippen molar-refractivity contribution in [3.8, 4) is 0 Å². The maximum absolute atomic E-state index is 12.2. The standard InChI is InChI=1S/C17H26N4O4/c1-12-4-2-3-5-14(12)20-17(23)11-19-16-10-13(21(24)25)6-7-15(16)18-8-9-22/h6-7,10,12,14,18-19,22H,2-5,8-9,11H2,1H3,(H,20,23)/t12-,14+/m1/s1. The number of rotatable bonds is 8. The van der Waals surface area contributed by atoms with Crippen LogP contribution < -0.4 is 16.0 Å². The van der Waals surface area contributed by atoms with Gasteiger partial charge in [-0.05, 0) is 24.8 Å². The summed E-state index contributed by atoms with van der Waals surface area (Å²) in [6.07, 6.45) is 4.45. The van der Waals surface area contributed by atoms with Gasteiger partial charge in [0, 0.05) is 24.7 Å². The summed E-state index contributed by atoms with van der Waals surface area (Å²) in [6, 6.07) is 4.53. The Labute approximate surface area is 147 Å². The van der Waals surface area contributed by atoms with Gasteiger partial charge < -0.3 is 21.1 Å². The average molecular weight is 350 g/mol. The lowest BCUT2D eigenvalue weighted by molar-refractivity contribution is -0.384. The highest BCUT2D eigenvalue weighted by molar-refractivity contribution is 5.83. The molecule has 0 bridgehead atoms. The molecule has 0 radical (unpaired) electrons. The van der Waals surface area contributed by atoms with Gasteiger partial charge >= 0.3 is 0 Å². The molecule has 4 N–H and O–H groups in total. The van der Waals surface area contributed by atoms with Crippen molar-refractivity contribution in [3.05, 3.63) is 28.3 Å². The van der Waals surface area contributed by atoms with Crippen molar-refractivity contribution in [1.29, 1.82) is 0 Å². The molecular formula is C17H26N4O4. The number of aliphatic hydroxyl groups is 1. The molecule has 0 spiro atoms. The van der Waals surface area contributed by atoms with Gasteiger partial charge in [0.15, 0.2) is 0 Å². The molecule has 0 unspecified atom stereocenters. The predicted molar refractivity (Wildman–Crippen MR) is 96.7 cm³/mol. The predicted octanol–water partition coefficient (Wildman–Crippen LogP) is 2.11. The van der Waals surface area contributed by atoms with E-state index in [9.17, 15) is 14.9 Å². The molecule has 1 aromatic carbocycles. The van der Waals surface area contributed by atoms with Crippen LogP contribution >= 0.6 is 0 Å². The van der Waals surface area contributed by atoms with Gasteiger partial charge in [0.25, 0.3) is 5.69 Å². The van der Waals surface area contributed by atoms with Crippen LogP contribution in [-0.4, -0.2) is 41.7 Å². The van der Waals surface area contributed by atoms with Gasteiger partial charge in [-0.2, -0.15) is 0 Å². The van der Waals surface area contributed by atoms with Crippen molar-refractivity contribution in [2.75, 3.05) is 30.3 Å². The summed E-state index contributed by atoms with van der Waals surface area (Å²) >= 11 is 0. The zero-order valence-corrected chi connectivity index (χ0v) is 14.5. The Balaban J connectivity index is 1.98. The quantitative estimate of drug-likeness (QED) is 0.421. The average Bonchev–Trinajstić information content (AvgIpc) is 2.60. The minimum absolute atomic E-state index is 0.0399. The van der Waals surface area contributed by atoms with Gasteiger partial charge in [0.1, 0.15) is 0 Å². The molecule has 25 heavy (non-hydrogen) atoms. The van der Waals surface area contributed by atoms with Crippen molar-refractivity contribution >= 4 is 23.0 Å². The van der Waals surface area contributed by atoms with Gasteiger partial charge in [0.05, 0.1) is 29.4 Å². The van der Waals surface area contributed by atoms with Crippen LogP contribution in [0.15, 0.2) is 18.2 Å². The zero-order valence-electron chi connectivity index (χ0n) is 14.5. The SMILES string of the molecule is C[C@@H]1CCCC[C@@H]1NC(=O)CNc1cc([N+](=O)[O-])ccc1NCCO. The Morgan fingerprint density at radius 3 is 2.72 bits per heavy atom. The molecule has 1 aliphatic rings. The van der Waals surface area contributed by atoms with E-state index in [0.717, 1.165) is 19.3 Å². The highest BCUT2D eigenvalue weighted by Gasteiger charge is 2.22. The molecule has 2 rings (SSSR count). The third kappa shape index (κ3) is 5.60. The fraction of sp³-hybridized carbons (Fsp3) is 0.588. The van der Waals surface area contributed by atoms with Crippen LogP contribution in [0.2, 0.25) is 0 Å². The van der Waals surface area contributed by atoms with Crippen molar-refractivity contribution in [2.24, 2.45) is 5.92 Å². The maximum Gasteiger partial charge on any atom is 0.271 e. The smallest absolute Gasteiger partial charge is 0.271 e. The van der Waals surface area contributed by atoms with E-state index < -0.39 is 4.92 Å². The highest BCUT2D eigenvalue weighted by Crippen LogP contribution is 2.27. The summed E-state index contributed by atoms with van der Waals surface area (Å²) in [5.41, 5.74) is 1.02. The van der Waals surface area contributed by atoms with Crippen LogP contribution in [-0.2, 0) is 4.79 Å². The summed E-state index contributed by atoms with van der Waals surface area (Å²) in [6.45, 7) is 2.45. The van der Waals surface area contributed by atoms with E-state index >= 15 is 0 Å². The number of anilines is 2. The Bertz CT molecular complexity index is 608. The Morgan fingerprint density at radius 2 is 2.04 bits per heavy atom. The number of nitrogens with one attached hydrogen (secondary N) is 3. The van der Waals surface area contributed by atoms with Crippen LogP contribution in [0.1, 0.15) is 32.6 Å². The fourth-order valence-corrected chi connectivity index (χ4v) is 3.10. The van der Waals surface area contributed by atoms with Crippen LogP contribution in [0.3, 0.4) is 0 Å². The second-order valence-corrected chi connectivity index (χ2v) is 6.43. The van der Waals surface area contributed by atoms with Gasteiger partial charge in [-0.3, -0.25) is 14.9 Å². The van der Waals surface area contributed by atoms with Gasteiger partial charge in [-0.25, -0.2) is 0 Å². The number of carbonyl (C=O) groups is 1. The lowest BCUT2D eigenvalue weighted by atomic mass is 9.86. The largest absolute Gasteiger partial charge is 0.395 e. The van der Waals surface area contributed by atoms with Crippen LogP contribution in [0.4, 0.5) is 17.1 Å². The van der Waals surface area contributed by atoms with E-state index in [4.69, 9.17) is 5.11 Å². The molecule has 138 valence electrons. The number of hydrogen-bond donors (Lipinski definition) is 4. The summed E-state index contributed by atoms with van der Waals surface area (Å²) in [5, 5.41) is 28.9. The Hall–Kier alpha value is -2.35. The number of nitro groups is 1.